The standard InChI is InChI=1S/C15H13NO4S/c1-2-20-15(17)11-7-3-5-9-13(11)21-14-10-6-4-8-12(14)16(18)19/h3-10H,2H2,1H3. The van der Waals surface area contributed by atoms with Crippen molar-refractivity contribution in [1.82, 2.24) is 0 Å². The topological polar surface area (TPSA) is 69.4 Å². The van der Waals surface area contributed by atoms with Gasteiger partial charge in [-0.3, -0.25) is 10.1 Å². The maximum absolute atomic E-state index is 11.9. The van der Waals surface area contributed by atoms with Crippen molar-refractivity contribution in [1.29, 1.82) is 0 Å². The number of nitrogens with zero attached hydrogens (tertiary/aromatic N) is 1. The zero-order chi connectivity index (χ0) is 15.2. The van der Waals surface area contributed by atoms with Gasteiger partial charge in [0.05, 0.1) is 22.0 Å². The number of ether oxygens (including phenoxy) is 1. The molecule has 2 aromatic carbocycles. The fourth-order valence-electron chi connectivity index (χ4n) is 1.75. The normalized spacial score (nSPS) is 10.1. The van der Waals surface area contributed by atoms with Crippen LogP contribution in [-0.4, -0.2) is 17.5 Å². The van der Waals surface area contributed by atoms with Gasteiger partial charge in [-0.1, -0.05) is 36.0 Å². The largest absolute Gasteiger partial charge is 0.462 e. The van der Waals surface area contributed by atoms with E-state index in [1.54, 1.807) is 49.4 Å². The van der Waals surface area contributed by atoms with Gasteiger partial charge in [0.15, 0.2) is 0 Å². The van der Waals surface area contributed by atoms with Crippen molar-refractivity contribution < 1.29 is 14.5 Å². The second kappa shape index (κ2) is 6.90. The van der Waals surface area contributed by atoms with Crippen molar-refractivity contribution in [3.05, 3.63) is 64.2 Å². The molecule has 0 aliphatic carbocycles. The molecule has 2 aromatic rings. The summed E-state index contributed by atoms with van der Waals surface area (Å²) in [7, 11) is 0. The number of rotatable bonds is 5. The summed E-state index contributed by atoms with van der Waals surface area (Å²) >= 11 is 1.18. The summed E-state index contributed by atoms with van der Waals surface area (Å²) in [6.07, 6.45) is 0. The smallest absolute Gasteiger partial charge is 0.339 e. The summed E-state index contributed by atoms with van der Waals surface area (Å²) in [5.41, 5.74) is 0.420. The van der Waals surface area contributed by atoms with Gasteiger partial charge in [0.1, 0.15) is 0 Å². The zero-order valence-corrected chi connectivity index (χ0v) is 12.1. The first-order valence-corrected chi connectivity index (χ1v) is 7.12. The Balaban J connectivity index is 2.37. The van der Waals surface area contributed by atoms with Crippen LogP contribution >= 0.6 is 11.8 Å². The maximum atomic E-state index is 11.9. The molecule has 0 radical (unpaired) electrons. The van der Waals surface area contributed by atoms with Crippen LogP contribution < -0.4 is 0 Å². The molecule has 0 bridgehead atoms. The van der Waals surface area contributed by atoms with E-state index in [1.807, 2.05) is 0 Å². The van der Waals surface area contributed by atoms with Gasteiger partial charge >= 0.3 is 5.97 Å². The molecule has 0 atom stereocenters. The average molecular weight is 303 g/mol. The average Bonchev–Trinajstić information content (AvgIpc) is 2.48. The summed E-state index contributed by atoms with van der Waals surface area (Å²) in [6.45, 7) is 2.01. The molecule has 0 unspecified atom stereocenters. The van der Waals surface area contributed by atoms with E-state index in [0.717, 1.165) is 0 Å². The highest BCUT2D eigenvalue weighted by molar-refractivity contribution is 7.99. The van der Waals surface area contributed by atoms with E-state index in [2.05, 4.69) is 0 Å². The molecule has 21 heavy (non-hydrogen) atoms. The van der Waals surface area contributed by atoms with E-state index in [9.17, 15) is 14.9 Å². The first-order chi connectivity index (χ1) is 10.1. The molecule has 0 amide bonds. The van der Waals surface area contributed by atoms with E-state index in [0.29, 0.717) is 15.4 Å². The Morgan fingerprint density at radius 2 is 1.76 bits per heavy atom. The van der Waals surface area contributed by atoms with E-state index in [1.165, 1.54) is 17.8 Å². The molecule has 0 spiro atoms. The van der Waals surface area contributed by atoms with Crippen LogP contribution in [-0.2, 0) is 4.74 Å². The summed E-state index contributed by atoms with van der Waals surface area (Å²) < 4.78 is 5.00. The van der Waals surface area contributed by atoms with E-state index < -0.39 is 10.9 Å². The molecule has 108 valence electrons. The Kier molecular flexibility index (Phi) is 4.94. The highest BCUT2D eigenvalue weighted by atomic mass is 32.2. The number of para-hydroxylation sites is 1. The monoisotopic (exact) mass is 303 g/mol. The lowest BCUT2D eigenvalue weighted by Crippen LogP contribution is -2.05. The summed E-state index contributed by atoms with van der Waals surface area (Å²) in [5, 5.41) is 11.0. The van der Waals surface area contributed by atoms with Crippen LogP contribution in [0.2, 0.25) is 0 Å². The van der Waals surface area contributed by atoms with Gasteiger partial charge in [-0.15, -0.1) is 0 Å². The van der Waals surface area contributed by atoms with Crippen LogP contribution in [0.25, 0.3) is 0 Å². The molecule has 5 nitrogen and oxygen atoms in total. The van der Waals surface area contributed by atoms with Gasteiger partial charge in [0.2, 0.25) is 0 Å². The van der Waals surface area contributed by atoms with Crippen LogP contribution in [0.1, 0.15) is 17.3 Å². The molecule has 0 aliphatic heterocycles. The molecule has 0 saturated carbocycles. The Labute approximate surface area is 126 Å². The predicted molar refractivity (Wildman–Crippen MR) is 79.6 cm³/mol. The molecular weight excluding hydrogens is 290 g/mol. The minimum absolute atomic E-state index is 0.0150. The number of nitro groups is 1. The Morgan fingerprint density at radius 3 is 2.43 bits per heavy atom. The van der Waals surface area contributed by atoms with Crippen molar-refractivity contribution in [2.75, 3.05) is 6.61 Å². The van der Waals surface area contributed by atoms with Gasteiger partial charge in [-0.05, 0) is 25.1 Å². The molecular formula is C15H13NO4S. The third kappa shape index (κ3) is 3.61. The maximum Gasteiger partial charge on any atom is 0.339 e. The van der Waals surface area contributed by atoms with Gasteiger partial charge < -0.3 is 4.74 Å². The molecule has 0 N–H and O–H groups in total. The van der Waals surface area contributed by atoms with E-state index in [-0.39, 0.29) is 12.3 Å². The lowest BCUT2D eigenvalue weighted by Gasteiger charge is -2.08. The van der Waals surface area contributed by atoms with E-state index in [4.69, 9.17) is 4.74 Å². The molecule has 0 aromatic heterocycles. The number of esters is 1. The Morgan fingerprint density at radius 1 is 1.14 bits per heavy atom. The number of hydrogen-bond donors (Lipinski definition) is 0. The van der Waals surface area contributed by atoms with Crippen LogP contribution in [0.15, 0.2) is 58.3 Å². The molecule has 0 fully saturated rings. The molecule has 0 aliphatic rings. The number of carbonyl (C=O) groups excluding carboxylic acids is 1. The van der Waals surface area contributed by atoms with Crippen LogP contribution in [0.4, 0.5) is 5.69 Å². The number of benzene rings is 2. The second-order valence-electron chi connectivity index (χ2n) is 4.04. The summed E-state index contributed by atoms with van der Waals surface area (Å²) in [6, 6.07) is 13.3. The highest BCUT2D eigenvalue weighted by Crippen LogP contribution is 2.36. The SMILES string of the molecule is CCOC(=O)c1ccccc1Sc1ccccc1[N+](=O)[O-]. The number of carbonyl (C=O) groups is 1. The van der Waals surface area contributed by atoms with Gasteiger partial charge in [-0.2, -0.15) is 0 Å². The van der Waals surface area contributed by atoms with Gasteiger partial charge in [-0.25, -0.2) is 4.79 Å². The molecule has 2 rings (SSSR count). The number of nitro benzene ring substituents is 1. The van der Waals surface area contributed by atoms with Crippen molar-refractivity contribution >= 4 is 23.4 Å². The van der Waals surface area contributed by atoms with Gasteiger partial charge in [0.25, 0.3) is 5.69 Å². The van der Waals surface area contributed by atoms with Crippen LogP contribution in [0, 0.1) is 10.1 Å². The minimum Gasteiger partial charge on any atom is -0.462 e. The summed E-state index contributed by atoms with van der Waals surface area (Å²) in [5.74, 6) is -0.431. The third-order valence-corrected chi connectivity index (χ3v) is 3.81. The molecule has 0 saturated heterocycles. The Hall–Kier alpha value is -2.34. The third-order valence-electron chi connectivity index (χ3n) is 2.66. The van der Waals surface area contributed by atoms with Crippen molar-refractivity contribution in [3.63, 3.8) is 0 Å². The van der Waals surface area contributed by atoms with Crippen molar-refractivity contribution in [2.24, 2.45) is 0 Å². The lowest BCUT2D eigenvalue weighted by atomic mass is 10.2. The fraction of sp³-hybridized carbons (Fsp3) is 0.133. The second-order valence-corrected chi connectivity index (χ2v) is 5.13. The zero-order valence-electron chi connectivity index (χ0n) is 11.3. The minimum atomic E-state index is -0.435. The fourth-order valence-corrected chi connectivity index (χ4v) is 2.78. The van der Waals surface area contributed by atoms with E-state index >= 15 is 0 Å². The predicted octanol–water partition coefficient (Wildman–Crippen LogP) is 3.92. The summed E-state index contributed by atoms with van der Waals surface area (Å²) in [4.78, 5) is 23.6. The highest BCUT2D eigenvalue weighted by Gasteiger charge is 2.17. The Bertz CT molecular complexity index is 672. The molecule has 0 heterocycles. The van der Waals surface area contributed by atoms with Gasteiger partial charge in [0, 0.05) is 11.0 Å². The molecule has 6 heteroatoms. The lowest BCUT2D eigenvalue weighted by molar-refractivity contribution is -0.387. The first-order valence-electron chi connectivity index (χ1n) is 6.31. The van der Waals surface area contributed by atoms with Crippen molar-refractivity contribution in [2.45, 2.75) is 16.7 Å². The number of hydrogen-bond acceptors (Lipinski definition) is 5. The first kappa shape index (κ1) is 15.1. The van der Waals surface area contributed by atoms with Crippen LogP contribution in [0.3, 0.4) is 0 Å². The van der Waals surface area contributed by atoms with Crippen LogP contribution in [0.5, 0.6) is 0 Å². The quantitative estimate of drug-likeness (QED) is 0.475. The van der Waals surface area contributed by atoms with Crippen molar-refractivity contribution in [3.8, 4) is 0 Å².